The molecular formula is C13H16N2O4. The molecule has 0 aliphatic heterocycles. The number of nitrogens with one attached hydrogen (secondary N) is 2. The van der Waals surface area contributed by atoms with E-state index in [9.17, 15) is 9.59 Å². The second-order valence-corrected chi connectivity index (χ2v) is 3.83. The Labute approximate surface area is 111 Å². The van der Waals surface area contributed by atoms with Gasteiger partial charge in [-0.3, -0.25) is 0 Å². The number of carbonyl (C=O) groups excluding carboxylic acids is 1. The maximum Gasteiger partial charge on any atom is 0.341 e. The summed E-state index contributed by atoms with van der Waals surface area (Å²) >= 11 is 0. The van der Waals surface area contributed by atoms with Crippen LogP contribution in [0.25, 0.3) is 0 Å². The van der Waals surface area contributed by atoms with Crippen molar-refractivity contribution >= 4 is 17.7 Å². The summed E-state index contributed by atoms with van der Waals surface area (Å²) in [5.41, 5.74) is 0.580. The van der Waals surface area contributed by atoms with E-state index in [1.807, 2.05) is 0 Å². The Morgan fingerprint density at radius 1 is 1.42 bits per heavy atom. The summed E-state index contributed by atoms with van der Waals surface area (Å²) in [6.07, 6.45) is 1.61. The van der Waals surface area contributed by atoms with Crippen molar-refractivity contribution in [3.8, 4) is 5.75 Å². The Hall–Kier alpha value is -2.50. The quantitative estimate of drug-likeness (QED) is 0.684. The van der Waals surface area contributed by atoms with Crippen LogP contribution in [0.15, 0.2) is 36.9 Å². The summed E-state index contributed by atoms with van der Waals surface area (Å²) in [5, 5.41) is 13.7. The molecule has 6 heteroatoms. The molecule has 0 spiro atoms. The van der Waals surface area contributed by atoms with Crippen LogP contribution in [0.2, 0.25) is 0 Å². The van der Waals surface area contributed by atoms with E-state index in [1.54, 1.807) is 37.3 Å². The van der Waals surface area contributed by atoms with Crippen LogP contribution in [0.4, 0.5) is 10.5 Å². The summed E-state index contributed by atoms with van der Waals surface area (Å²) in [6.45, 7) is 4.96. The third-order valence-electron chi connectivity index (χ3n) is 2.19. The zero-order valence-electron chi connectivity index (χ0n) is 10.6. The summed E-state index contributed by atoms with van der Waals surface area (Å²) in [7, 11) is 0. The van der Waals surface area contributed by atoms with E-state index >= 15 is 0 Å². The van der Waals surface area contributed by atoms with Crippen LogP contribution in [0, 0.1) is 0 Å². The van der Waals surface area contributed by atoms with Gasteiger partial charge in [-0.1, -0.05) is 6.08 Å². The normalized spacial score (nSPS) is 11.2. The van der Waals surface area contributed by atoms with Gasteiger partial charge in [-0.25, -0.2) is 9.59 Å². The number of anilines is 1. The molecule has 102 valence electrons. The average molecular weight is 264 g/mol. The molecule has 0 heterocycles. The third-order valence-corrected chi connectivity index (χ3v) is 2.19. The van der Waals surface area contributed by atoms with E-state index in [1.165, 1.54) is 0 Å². The number of aliphatic carboxylic acids is 1. The highest BCUT2D eigenvalue weighted by Crippen LogP contribution is 2.15. The maximum absolute atomic E-state index is 11.5. The van der Waals surface area contributed by atoms with Crippen molar-refractivity contribution in [3.05, 3.63) is 36.9 Å². The molecule has 0 saturated heterocycles. The van der Waals surface area contributed by atoms with Crippen LogP contribution in [0.3, 0.4) is 0 Å². The zero-order chi connectivity index (χ0) is 14.3. The molecule has 3 N–H and O–H groups in total. The minimum absolute atomic E-state index is 0.127. The van der Waals surface area contributed by atoms with Crippen molar-refractivity contribution in [2.24, 2.45) is 0 Å². The fourth-order valence-corrected chi connectivity index (χ4v) is 1.21. The van der Waals surface area contributed by atoms with Crippen molar-refractivity contribution in [3.63, 3.8) is 0 Å². The first kappa shape index (κ1) is 14.6. The van der Waals surface area contributed by atoms with E-state index in [2.05, 4.69) is 17.2 Å². The monoisotopic (exact) mass is 264 g/mol. The molecule has 0 aliphatic carbocycles. The topological polar surface area (TPSA) is 87.7 Å². The molecular weight excluding hydrogens is 248 g/mol. The molecule has 0 fully saturated rings. The number of rotatable bonds is 6. The highest BCUT2D eigenvalue weighted by atomic mass is 16.5. The van der Waals surface area contributed by atoms with Gasteiger partial charge in [0.2, 0.25) is 0 Å². The second-order valence-electron chi connectivity index (χ2n) is 3.83. The van der Waals surface area contributed by atoms with Gasteiger partial charge in [-0.15, -0.1) is 6.58 Å². The van der Waals surface area contributed by atoms with E-state index < -0.39 is 12.6 Å². The Bertz CT molecular complexity index is 456. The fraction of sp³-hybridized carbons (Fsp3) is 0.231. The van der Waals surface area contributed by atoms with Crippen molar-refractivity contribution < 1.29 is 19.4 Å². The highest BCUT2D eigenvalue weighted by molar-refractivity contribution is 5.89. The first-order valence-electron chi connectivity index (χ1n) is 5.66. The van der Waals surface area contributed by atoms with Crippen LogP contribution in [-0.4, -0.2) is 29.8 Å². The van der Waals surface area contributed by atoms with E-state index in [4.69, 9.17) is 9.84 Å². The Balaban J connectivity index is 2.49. The maximum atomic E-state index is 11.5. The number of ether oxygens (including phenoxy) is 1. The first-order valence-corrected chi connectivity index (χ1v) is 5.66. The summed E-state index contributed by atoms with van der Waals surface area (Å²) in [6, 6.07) is 5.93. The van der Waals surface area contributed by atoms with Gasteiger partial charge in [0.25, 0.3) is 0 Å². The van der Waals surface area contributed by atoms with Gasteiger partial charge < -0.3 is 20.5 Å². The van der Waals surface area contributed by atoms with Gasteiger partial charge in [0, 0.05) is 11.7 Å². The smallest absolute Gasteiger partial charge is 0.341 e. The van der Waals surface area contributed by atoms with Crippen LogP contribution >= 0.6 is 0 Å². The Kier molecular flexibility index (Phi) is 5.40. The van der Waals surface area contributed by atoms with Crippen LogP contribution in [0.1, 0.15) is 6.92 Å². The van der Waals surface area contributed by atoms with E-state index in [0.717, 1.165) is 0 Å². The van der Waals surface area contributed by atoms with Gasteiger partial charge >= 0.3 is 12.0 Å². The average Bonchev–Trinajstić information content (AvgIpc) is 2.37. The van der Waals surface area contributed by atoms with Crippen molar-refractivity contribution in [1.29, 1.82) is 0 Å². The standard InChI is InChI=1S/C13H16N2O4/c1-3-9(2)14-13(18)15-10-4-6-11(7-5-10)19-8-12(16)17/h3-7,9H,1,8H2,2H3,(H,16,17)(H2,14,15,18). The van der Waals surface area contributed by atoms with Gasteiger partial charge in [-0.05, 0) is 31.2 Å². The Morgan fingerprint density at radius 2 is 2.05 bits per heavy atom. The zero-order valence-corrected chi connectivity index (χ0v) is 10.6. The molecule has 2 amide bonds. The molecule has 0 aromatic heterocycles. The van der Waals surface area contributed by atoms with Crippen molar-refractivity contribution in [2.45, 2.75) is 13.0 Å². The van der Waals surface area contributed by atoms with Crippen molar-refractivity contribution in [2.75, 3.05) is 11.9 Å². The van der Waals surface area contributed by atoms with Gasteiger partial charge in [0.15, 0.2) is 6.61 Å². The molecule has 1 rings (SSSR count). The van der Waals surface area contributed by atoms with Crippen molar-refractivity contribution in [1.82, 2.24) is 5.32 Å². The predicted octanol–water partition coefficient (Wildman–Crippen LogP) is 1.85. The molecule has 0 bridgehead atoms. The predicted molar refractivity (Wildman–Crippen MR) is 71.4 cm³/mol. The summed E-state index contributed by atoms with van der Waals surface area (Å²) in [4.78, 5) is 21.8. The number of hydrogen-bond donors (Lipinski definition) is 3. The number of benzene rings is 1. The SMILES string of the molecule is C=CC(C)NC(=O)Nc1ccc(OCC(=O)O)cc1. The summed E-state index contributed by atoms with van der Waals surface area (Å²) < 4.78 is 4.97. The van der Waals surface area contributed by atoms with Crippen LogP contribution in [0.5, 0.6) is 5.75 Å². The van der Waals surface area contributed by atoms with E-state index in [-0.39, 0.29) is 12.1 Å². The summed E-state index contributed by atoms with van der Waals surface area (Å²) in [5.74, 6) is -0.618. The highest BCUT2D eigenvalue weighted by Gasteiger charge is 2.04. The largest absolute Gasteiger partial charge is 0.482 e. The van der Waals surface area contributed by atoms with Gasteiger partial charge in [0.1, 0.15) is 5.75 Å². The number of carboxylic acid groups (broad SMARTS) is 1. The molecule has 0 aliphatic rings. The minimum atomic E-state index is -1.04. The fourth-order valence-electron chi connectivity index (χ4n) is 1.21. The molecule has 1 atom stereocenters. The lowest BCUT2D eigenvalue weighted by Gasteiger charge is -2.11. The number of amides is 2. The number of urea groups is 1. The number of carbonyl (C=O) groups is 2. The molecule has 1 unspecified atom stereocenters. The molecule has 1 aromatic carbocycles. The number of carboxylic acids is 1. The molecule has 0 radical (unpaired) electrons. The van der Waals surface area contributed by atoms with Crippen LogP contribution in [-0.2, 0) is 4.79 Å². The van der Waals surface area contributed by atoms with Crippen LogP contribution < -0.4 is 15.4 Å². The molecule has 0 saturated carbocycles. The van der Waals surface area contributed by atoms with Gasteiger partial charge in [0.05, 0.1) is 0 Å². The molecule has 1 aromatic rings. The van der Waals surface area contributed by atoms with E-state index in [0.29, 0.717) is 11.4 Å². The third kappa shape index (κ3) is 5.58. The van der Waals surface area contributed by atoms with Gasteiger partial charge in [-0.2, -0.15) is 0 Å². The lowest BCUT2D eigenvalue weighted by Crippen LogP contribution is -2.34. The second kappa shape index (κ2) is 7.05. The lowest BCUT2D eigenvalue weighted by atomic mass is 10.3. The molecule has 19 heavy (non-hydrogen) atoms. The first-order chi connectivity index (χ1) is 9.01. The lowest BCUT2D eigenvalue weighted by molar-refractivity contribution is -0.139. The molecule has 6 nitrogen and oxygen atoms in total. The minimum Gasteiger partial charge on any atom is -0.482 e. The Morgan fingerprint density at radius 3 is 2.58 bits per heavy atom. The number of hydrogen-bond acceptors (Lipinski definition) is 3.